The molecule has 82 valence electrons. The van der Waals surface area contributed by atoms with Crippen LogP contribution in [0.3, 0.4) is 0 Å². The van der Waals surface area contributed by atoms with Crippen LogP contribution in [0.5, 0.6) is 0 Å². The van der Waals surface area contributed by atoms with E-state index < -0.39 is 5.97 Å². The van der Waals surface area contributed by atoms with Gasteiger partial charge in [-0.3, -0.25) is 14.9 Å². The van der Waals surface area contributed by atoms with Gasteiger partial charge in [0.05, 0.1) is 13.5 Å². The third-order valence-electron chi connectivity index (χ3n) is 1.79. The number of carbonyl (C=O) groups is 2. The molecular weight excluding hydrogens is 198 g/mol. The highest BCUT2D eigenvalue weighted by Gasteiger charge is 2.08. The smallest absolute Gasteiger partial charge is 0.306 e. The minimum atomic E-state index is -0.402. The van der Waals surface area contributed by atoms with E-state index in [0.717, 1.165) is 5.76 Å². The van der Waals surface area contributed by atoms with Crippen molar-refractivity contribution in [3.05, 3.63) is 17.9 Å². The Labute approximate surface area is 87.4 Å². The van der Waals surface area contributed by atoms with Gasteiger partial charge in [-0.25, -0.2) is 0 Å². The van der Waals surface area contributed by atoms with E-state index in [4.69, 9.17) is 4.42 Å². The summed E-state index contributed by atoms with van der Waals surface area (Å²) in [6.45, 7) is 1.78. The van der Waals surface area contributed by atoms with Gasteiger partial charge < -0.3 is 9.15 Å². The number of carbonyl (C=O) groups excluding carboxylic acids is 2. The zero-order valence-corrected chi connectivity index (χ0v) is 8.70. The first kappa shape index (κ1) is 11.3. The predicted octanol–water partition coefficient (Wildman–Crippen LogP) is 1.48. The lowest BCUT2D eigenvalue weighted by Gasteiger charge is -2.00. The third kappa shape index (κ3) is 3.84. The van der Waals surface area contributed by atoms with Crippen LogP contribution >= 0.6 is 0 Å². The quantitative estimate of drug-likeness (QED) is 0.766. The summed E-state index contributed by atoms with van der Waals surface area (Å²) in [5.74, 6) is 0.441. The molecule has 0 saturated carbocycles. The maximum absolute atomic E-state index is 11.3. The predicted molar refractivity (Wildman–Crippen MR) is 53.3 cm³/mol. The molecule has 1 rings (SSSR count). The molecule has 1 aromatic heterocycles. The molecule has 0 spiro atoms. The number of hydrogen-bond donors (Lipinski definition) is 1. The number of furan rings is 1. The summed E-state index contributed by atoms with van der Waals surface area (Å²) in [5, 5.41) is 2.53. The van der Waals surface area contributed by atoms with E-state index in [0.29, 0.717) is 5.88 Å². The van der Waals surface area contributed by atoms with Crippen molar-refractivity contribution < 1.29 is 18.7 Å². The van der Waals surface area contributed by atoms with Gasteiger partial charge in [0.25, 0.3) is 0 Å². The fraction of sp³-hybridized carbons (Fsp3) is 0.400. The molecule has 0 aliphatic carbocycles. The van der Waals surface area contributed by atoms with Gasteiger partial charge in [0, 0.05) is 12.5 Å². The van der Waals surface area contributed by atoms with E-state index in [-0.39, 0.29) is 18.7 Å². The first-order chi connectivity index (χ1) is 7.11. The van der Waals surface area contributed by atoms with E-state index in [1.807, 2.05) is 0 Å². The van der Waals surface area contributed by atoms with Crippen LogP contribution in [0.25, 0.3) is 0 Å². The molecule has 1 heterocycles. The Morgan fingerprint density at radius 1 is 1.40 bits per heavy atom. The van der Waals surface area contributed by atoms with E-state index >= 15 is 0 Å². The Morgan fingerprint density at radius 3 is 2.67 bits per heavy atom. The van der Waals surface area contributed by atoms with Crippen LogP contribution in [0.1, 0.15) is 18.6 Å². The molecule has 0 aromatic carbocycles. The number of anilines is 1. The van der Waals surface area contributed by atoms with Crippen molar-refractivity contribution >= 4 is 17.8 Å². The molecule has 15 heavy (non-hydrogen) atoms. The number of rotatable bonds is 4. The fourth-order valence-corrected chi connectivity index (χ4v) is 1.02. The van der Waals surface area contributed by atoms with Gasteiger partial charge in [-0.2, -0.15) is 0 Å². The van der Waals surface area contributed by atoms with E-state index in [1.54, 1.807) is 19.1 Å². The van der Waals surface area contributed by atoms with Gasteiger partial charge >= 0.3 is 5.97 Å². The highest BCUT2D eigenvalue weighted by Crippen LogP contribution is 2.12. The first-order valence-corrected chi connectivity index (χ1v) is 4.55. The van der Waals surface area contributed by atoms with Gasteiger partial charge in [-0.15, -0.1) is 0 Å². The van der Waals surface area contributed by atoms with Crippen molar-refractivity contribution in [2.45, 2.75) is 19.8 Å². The van der Waals surface area contributed by atoms with E-state index in [9.17, 15) is 9.59 Å². The number of amides is 1. The lowest BCUT2D eigenvalue weighted by Crippen LogP contribution is -2.13. The number of esters is 1. The molecule has 0 aliphatic rings. The zero-order chi connectivity index (χ0) is 11.3. The second kappa shape index (κ2) is 5.19. The molecule has 0 radical (unpaired) electrons. The minimum absolute atomic E-state index is 0.0715. The Kier molecular flexibility index (Phi) is 3.91. The van der Waals surface area contributed by atoms with Crippen molar-refractivity contribution in [2.24, 2.45) is 0 Å². The Hall–Kier alpha value is -1.78. The van der Waals surface area contributed by atoms with Gasteiger partial charge in [0.2, 0.25) is 5.91 Å². The second-order valence-electron chi connectivity index (χ2n) is 3.03. The van der Waals surface area contributed by atoms with Crippen molar-refractivity contribution in [1.82, 2.24) is 0 Å². The molecule has 5 heteroatoms. The average Bonchev–Trinajstić information content (AvgIpc) is 2.60. The lowest BCUT2D eigenvalue weighted by molar-refractivity contribution is -0.141. The summed E-state index contributed by atoms with van der Waals surface area (Å²) < 4.78 is 9.55. The standard InChI is InChI=1S/C10H13NO4/c1-7-3-5-9(15-7)11-8(12)4-6-10(13)14-2/h3,5H,4,6H2,1-2H3,(H,11,12). The largest absolute Gasteiger partial charge is 0.469 e. The molecule has 0 fully saturated rings. The molecule has 0 saturated heterocycles. The summed E-state index contributed by atoms with van der Waals surface area (Å²) >= 11 is 0. The number of aryl methyl sites for hydroxylation is 1. The molecule has 0 bridgehead atoms. The van der Waals surface area contributed by atoms with Gasteiger partial charge in [-0.1, -0.05) is 0 Å². The molecule has 0 aliphatic heterocycles. The van der Waals surface area contributed by atoms with Crippen LogP contribution in [0.2, 0.25) is 0 Å². The van der Waals surface area contributed by atoms with Crippen molar-refractivity contribution in [3.63, 3.8) is 0 Å². The maximum Gasteiger partial charge on any atom is 0.306 e. The topological polar surface area (TPSA) is 68.5 Å². The van der Waals surface area contributed by atoms with Crippen LogP contribution in [-0.2, 0) is 14.3 Å². The first-order valence-electron chi connectivity index (χ1n) is 4.55. The number of hydrogen-bond acceptors (Lipinski definition) is 4. The van der Waals surface area contributed by atoms with Gasteiger partial charge in [0.1, 0.15) is 5.76 Å². The molecule has 0 unspecified atom stereocenters. The molecule has 1 N–H and O–H groups in total. The van der Waals surface area contributed by atoms with Crippen molar-refractivity contribution in [2.75, 3.05) is 12.4 Å². The normalized spacial score (nSPS) is 9.73. The van der Waals surface area contributed by atoms with Gasteiger partial charge in [-0.05, 0) is 13.0 Å². The minimum Gasteiger partial charge on any atom is -0.469 e. The molecule has 1 aromatic rings. The highest BCUT2D eigenvalue weighted by atomic mass is 16.5. The summed E-state index contributed by atoms with van der Waals surface area (Å²) in [6.07, 6.45) is 0.161. The Balaban J connectivity index is 2.33. The summed E-state index contributed by atoms with van der Waals surface area (Å²) in [5.41, 5.74) is 0. The molecular formula is C10H13NO4. The second-order valence-corrected chi connectivity index (χ2v) is 3.03. The summed E-state index contributed by atoms with van der Waals surface area (Å²) in [4.78, 5) is 22.0. The number of methoxy groups -OCH3 is 1. The third-order valence-corrected chi connectivity index (χ3v) is 1.79. The number of nitrogens with one attached hydrogen (secondary N) is 1. The molecule has 0 atom stereocenters. The highest BCUT2D eigenvalue weighted by molar-refractivity contribution is 5.91. The summed E-state index contributed by atoms with van der Waals surface area (Å²) in [6, 6.07) is 3.40. The molecule has 5 nitrogen and oxygen atoms in total. The van der Waals surface area contributed by atoms with Crippen molar-refractivity contribution in [1.29, 1.82) is 0 Å². The van der Waals surface area contributed by atoms with Crippen LogP contribution in [0.15, 0.2) is 16.5 Å². The van der Waals surface area contributed by atoms with Crippen LogP contribution in [-0.4, -0.2) is 19.0 Å². The Bertz CT molecular complexity index is 356. The number of ether oxygens (including phenoxy) is 1. The average molecular weight is 211 g/mol. The van der Waals surface area contributed by atoms with Crippen LogP contribution in [0.4, 0.5) is 5.88 Å². The SMILES string of the molecule is COC(=O)CCC(=O)Nc1ccc(C)o1. The summed E-state index contributed by atoms with van der Waals surface area (Å²) in [7, 11) is 1.29. The van der Waals surface area contributed by atoms with E-state index in [1.165, 1.54) is 7.11 Å². The van der Waals surface area contributed by atoms with Gasteiger partial charge in [0.15, 0.2) is 5.88 Å². The van der Waals surface area contributed by atoms with Crippen LogP contribution in [0, 0.1) is 6.92 Å². The lowest BCUT2D eigenvalue weighted by atomic mass is 10.3. The van der Waals surface area contributed by atoms with Crippen LogP contribution < -0.4 is 5.32 Å². The Morgan fingerprint density at radius 2 is 2.13 bits per heavy atom. The monoisotopic (exact) mass is 211 g/mol. The van der Waals surface area contributed by atoms with Crippen molar-refractivity contribution in [3.8, 4) is 0 Å². The molecule has 1 amide bonds. The van der Waals surface area contributed by atoms with E-state index in [2.05, 4.69) is 10.1 Å². The zero-order valence-electron chi connectivity index (χ0n) is 8.70. The fourth-order valence-electron chi connectivity index (χ4n) is 1.02. The maximum atomic E-state index is 11.3.